The van der Waals surface area contributed by atoms with Gasteiger partial charge in [-0.05, 0) is 38.9 Å². The van der Waals surface area contributed by atoms with E-state index in [0.29, 0.717) is 30.1 Å². The van der Waals surface area contributed by atoms with Crippen LogP contribution in [0.3, 0.4) is 0 Å². The van der Waals surface area contributed by atoms with Crippen molar-refractivity contribution in [3.63, 3.8) is 0 Å². The zero-order valence-corrected chi connectivity index (χ0v) is 12.2. The number of hydrogen-bond donors (Lipinski definition) is 0. The smallest absolute Gasteiger partial charge is 0.137 e. The molecule has 1 saturated heterocycles. The van der Waals surface area contributed by atoms with Crippen LogP contribution in [0, 0.1) is 11.3 Å². The number of nitrogens with zero attached hydrogens (tertiary/aromatic N) is 2. The molecule has 0 amide bonds. The Morgan fingerprint density at radius 2 is 2.25 bits per heavy atom. The second-order valence-corrected chi connectivity index (χ2v) is 5.22. The van der Waals surface area contributed by atoms with Gasteiger partial charge >= 0.3 is 0 Å². The van der Waals surface area contributed by atoms with Crippen molar-refractivity contribution in [3.05, 3.63) is 29.8 Å². The molecule has 0 bridgehead atoms. The van der Waals surface area contributed by atoms with Crippen molar-refractivity contribution in [2.45, 2.75) is 31.9 Å². The van der Waals surface area contributed by atoms with E-state index in [1.165, 1.54) is 0 Å². The average Bonchev–Trinajstić information content (AvgIpc) is 2.90. The number of ether oxygens (including phenoxy) is 2. The van der Waals surface area contributed by atoms with Gasteiger partial charge in [0.25, 0.3) is 0 Å². The van der Waals surface area contributed by atoms with Crippen LogP contribution in [0.2, 0.25) is 0 Å². The molecule has 2 unspecified atom stereocenters. The molecular formula is C16H22N2O2. The topological polar surface area (TPSA) is 45.5 Å². The summed E-state index contributed by atoms with van der Waals surface area (Å²) < 4.78 is 11.3. The molecule has 1 heterocycles. The largest absolute Gasteiger partial charge is 0.492 e. The van der Waals surface area contributed by atoms with E-state index in [9.17, 15) is 0 Å². The van der Waals surface area contributed by atoms with Crippen LogP contribution < -0.4 is 4.74 Å². The number of para-hydroxylation sites is 1. The number of benzene rings is 1. The van der Waals surface area contributed by atoms with Gasteiger partial charge in [0, 0.05) is 19.2 Å². The summed E-state index contributed by atoms with van der Waals surface area (Å²) in [4.78, 5) is 2.34. The van der Waals surface area contributed by atoms with Gasteiger partial charge in [-0.2, -0.15) is 5.26 Å². The summed E-state index contributed by atoms with van der Waals surface area (Å²) in [5.74, 6) is 0.676. The Kier molecular flexibility index (Phi) is 5.40. The minimum Gasteiger partial charge on any atom is -0.492 e. The van der Waals surface area contributed by atoms with Crippen LogP contribution in [0.15, 0.2) is 24.3 Å². The Hall–Kier alpha value is -1.57. The van der Waals surface area contributed by atoms with Gasteiger partial charge in [0.2, 0.25) is 0 Å². The van der Waals surface area contributed by atoms with Crippen LogP contribution in [0.1, 0.15) is 25.3 Å². The van der Waals surface area contributed by atoms with Gasteiger partial charge in [0.05, 0.1) is 18.3 Å². The molecule has 2 atom stereocenters. The summed E-state index contributed by atoms with van der Waals surface area (Å²) >= 11 is 0. The predicted molar refractivity (Wildman–Crippen MR) is 77.7 cm³/mol. The average molecular weight is 274 g/mol. The molecule has 2 rings (SSSR count). The molecule has 0 saturated carbocycles. The third-order valence-electron chi connectivity index (χ3n) is 3.82. The zero-order chi connectivity index (χ0) is 14.4. The molecule has 1 aliphatic rings. The highest BCUT2D eigenvalue weighted by atomic mass is 16.5. The molecule has 0 N–H and O–H groups in total. The molecule has 108 valence electrons. The minimum atomic E-state index is 0.320. The maximum absolute atomic E-state index is 8.98. The van der Waals surface area contributed by atoms with Crippen molar-refractivity contribution in [1.82, 2.24) is 4.90 Å². The maximum Gasteiger partial charge on any atom is 0.137 e. The molecule has 4 nitrogen and oxygen atoms in total. The lowest BCUT2D eigenvalue weighted by molar-refractivity contribution is 0.0818. The lowest BCUT2D eigenvalue weighted by atomic mass is 10.1. The third-order valence-corrected chi connectivity index (χ3v) is 3.82. The summed E-state index contributed by atoms with van der Waals surface area (Å²) in [5, 5.41) is 8.98. The van der Waals surface area contributed by atoms with Gasteiger partial charge in [-0.1, -0.05) is 12.1 Å². The summed E-state index contributed by atoms with van der Waals surface area (Å²) in [5.41, 5.74) is 0.596. The SMILES string of the molecule is CC1OCCC1N(C)CCCOc1ccccc1C#N. The van der Waals surface area contributed by atoms with Crippen LogP contribution in [0.5, 0.6) is 5.75 Å². The second-order valence-electron chi connectivity index (χ2n) is 5.22. The van der Waals surface area contributed by atoms with Crippen LogP contribution in [-0.2, 0) is 4.74 Å². The van der Waals surface area contributed by atoms with E-state index >= 15 is 0 Å². The molecule has 1 aliphatic heterocycles. The molecule has 0 aliphatic carbocycles. The fourth-order valence-corrected chi connectivity index (χ4v) is 2.65. The van der Waals surface area contributed by atoms with Crippen molar-refractivity contribution in [1.29, 1.82) is 5.26 Å². The van der Waals surface area contributed by atoms with Gasteiger partial charge in [-0.15, -0.1) is 0 Å². The van der Waals surface area contributed by atoms with E-state index in [2.05, 4.69) is 24.9 Å². The summed E-state index contributed by atoms with van der Waals surface area (Å²) in [6, 6.07) is 10.0. The standard InChI is InChI=1S/C16H22N2O2/c1-13-15(8-11-19-13)18(2)9-5-10-20-16-7-4-3-6-14(16)12-17/h3-4,6-7,13,15H,5,8-11H2,1-2H3. The molecule has 0 spiro atoms. The highest BCUT2D eigenvalue weighted by molar-refractivity contribution is 5.42. The van der Waals surface area contributed by atoms with E-state index in [4.69, 9.17) is 14.7 Å². The Labute approximate surface area is 120 Å². The Balaban J connectivity index is 1.72. The molecule has 0 aromatic heterocycles. The van der Waals surface area contributed by atoms with Crippen molar-refractivity contribution in [2.75, 3.05) is 26.8 Å². The minimum absolute atomic E-state index is 0.320. The first-order chi connectivity index (χ1) is 9.72. The molecule has 20 heavy (non-hydrogen) atoms. The monoisotopic (exact) mass is 274 g/mol. The van der Waals surface area contributed by atoms with Crippen molar-refractivity contribution < 1.29 is 9.47 Å². The third kappa shape index (κ3) is 3.72. The van der Waals surface area contributed by atoms with Crippen molar-refractivity contribution >= 4 is 0 Å². The lowest BCUT2D eigenvalue weighted by Gasteiger charge is -2.26. The van der Waals surface area contributed by atoms with Crippen LogP contribution in [0.4, 0.5) is 0 Å². The van der Waals surface area contributed by atoms with Gasteiger partial charge in [-0.3, -0.25) is 0 Å². The van der Waals surface area contributed by atoms with E-state index < -0.39 is 0 Å². The summed E-state index contributed by atoms with van der Waals surface area (Å²) in [6.45, 7) is 4.61. The van der Waals surface area contributed by atoms with Gasteiger partial charge in [0.1, 0.15) is 11.8 Å². The molecule has 1 aromatic rings. The number of nitriles is 1. The second kappa shape index (κ2) is 7.28. The van der Waals surface area contributed by atoms with Crippen LogP contribution in [-0.4, -0.2) is 43.9 Å². The number of likely N-dealkylation sites (N-methyl/N-ethyl adjacent to an activating group) is 1. The fourth-order valence-electron chi connectivity index (χ4n) is 2.65. The lowest BCUT2D eigenvalue weighted by Crippen LogP contribution is -2.37. The molecule has 0 radical (unpaired) electrons. The van der Waals surface area contributed by atoms with E-state index in [1.807, 2.05) is 18.2 Å². The highest BCUT2D eigenvalue weighted by Crippen LogP contribution is 2.19. The van der Waals surface area contributed by atoms with Gasteiger partial charge < -0.3 is 14.4 Å². The molecular weight excluding hydrogens is 252 g/mol. The van der Waals surface area contributed by atoms with E-state index in [1.54, 1.807) is 6.07 Å². The predicted octanol–water partition coefficient (Wildman–Crippen LogP) is 2.44. The number of rotatable bonds is 6. The van der Waals surface area contributed by atoms with Crippen LogP contribution in [0.25, 0.3) is 0 Å². The van der Waals surface area contributed by atoms with Gasteiger partial charge in [0.15, 0.2) is 0 Å². The maximum atomic E-state index is 8.98. The fraction of sp³-hybridized carbons (Fsp3) is 0.562. The highest BCUT2D eigenvalue weighted by Gasteiger charge is 2.27. The van der Waals surface area contributed by atoms with E-state index in [0.717, 1.165) is 26.0 Å². The summed E-state index contributed by atoms with van der Waals surface area (Å²) in [7, 11) is 2.14. The van der Waals surface area contributed by atoms with Crippen molar-refractivity contribution in [3.8, 4) is 11.8 Å². The quantitative estimate of drug-likeness (QED) is 0.747. The molecule has 1 fully saturated rings. The van der Waals surface area contributed by atoms with Crippen molar-refractivity contribution in [2.24, 2.45) is 0 Å². The Morgan fingerprint density at radius 3 is 2.95 bits per heavy atom. The first-order valence-electron chi connectivity index (χ1n) is 7.16. The Bertz CT molecular complexity index is 470. The first-order valence-corrected chi connectivity index (χ1v) is 7.16. The van der Waals surface area contributed by atoms with Gasteiger partial charge in [-0.25, -0.2) is 0 Å². The number of hydrogen-bond acceptors (Lipinski definition) is 4. The molecule has 1 aromatic carbocycles. The normalized spacial score (nSPS) is 21.9. The zero-order valence-electron chi connectivity index (χ0n) is 12.2. The molecule has 4 heteroatoms. The first kappa shape index (κ1) is 14.8. The Morgan fingerprint density at radius 1 is 1.45 bits per heavy atom. The van der Waals surface area contributed by atoms with E-state index in [-0.39, 0.29) is 0 Å². The summed E-state index contributed by atoms with van der Waals surface area (Å²) in [6.07, 6.45) is 2.37. The van der Waals surface area contributed by atoms with Crippen LogP contribution >= 0.6 is 0 Å².